The summed E-state index contributed by atoms with van der Waals surface area (Å²) in [7, 11) is 0. The second-order valence-corrected chi connectivity index (χ2v) is 9.13. The molecule has 3 aliphatic rings. The van der Waals surface area contributed by atoms with Crippen molar-refractivity contribution in [3.8, 4) is 0 Å². The van der Waals surface area contributed by atoms with Crippen LogP contribution in [-0.2, 0) is 9.53 Å². The van der Waals surface area contributed by atoms with E-state index < -0.39 is 0 Å². The van der Waals surface area contributed by atoms with Crippen molar-refractivity contribution in [3.05, 3.63) is 34.9 Å². The molecule has 0 radical (unpaired) electrons. The minimum atomic E-state index is -0.364. The minimum absolute atomic E-state index is 0.0551. The molecule has 1 aliphatic carbocycles. The van der Waals surface area contributed by atoms with Gasteiger partial charge in [-0.3, -0.25) is 9.59 Å². The molecule has 0 N–H and O–H groups in total. The Bertz CT molecular complexity index is 749. The Kier molecular flexibility index (Phi) is 6.45. The van der Waals surface area contributed by atoms with E-state index in [1.807, 2.05) is 16.7 Å². The van der Waals surface area contributed by atoms with Crippen molar-refractivity contribution < 1.29 is 14.3 Å². The maximum absolute atomic E-state index is 13.6. The zero-order valence-electron chi connectivity index (χ0n) is 17.2. The normalized spacial score (nSPS) is 29.0. The quantitative estimate of drug-likeness (QED) is 0.726. The summed E-state index contributed by atoms with van der Waals surface area (Å²) in [5.41, 5.74) is 0.578. The van der Waals surface area contributed by atoms with Crippen molar-refractivity contribution in [2.45, 2.75) is 57.5 Å². The number of carbonyl (C=O) groups is 2. The number of amides is 2. The van der Waals surface area contributed by atoms with Gasteiger partial charge in [-0.1, -0.05) is 30.5 Å². The molecular weight excluding hydrogens is 388 g/mol. The molecule has 1 saturated carbocycles. The van der Waals surface area contributed by atoms with Crippen LogP contribution in [0.5, 0.6) is 0 Å². The number of hydrogen-bond donors (Lipinski definition) is 0. The Balaban J connectivity index is 1.58. The van der Waals surface area contributed by atoms with Crippen LogP contribution in [-0.4, -0.2) is 60.0 Å². The Hall–Kier alpha value is -1.59. The highest BCUT2D eigenvalue weighted by Gasteiger charge is 2.48. The van der Waals surface area contributed by atoms with Gasteiger partial charge in [0.2, 0.25) is 5.91 Å². The molecule has 0 aromatic heterocycles. The SMILES string of the molecule is CCN(CC1CCOC1)C(=O)C1CC2CCCCC2N1C(=O)c1cccc(Cl)c1. The van der Waals surface area contributed by atoms with E-state index in [-0.39, 0.29) is 23.9 Å². The van der Waals surface area contributed by atoms with Gasteiger partial charge in [-0.15, -0.1) is 0 Å². The van der Waals surface area contributed by atoms with Gasteiger partial charge in [0.1, 0.15) is 6.04 Å². The monoisotopic (exact) mass is 418 g/mol. The van der Waals surface area contributed by atoms with Crippen molar-refractivity contribution in [1.29, 1.82) is 0 Å². The highest BCUT2D eigenvalue weighted by molar-refractivity contribution is 6.31. The van der Waals surface area contributed by atoms with Gasteiger partial charge in [-0.2, -0.15) is 0 Å². The van der Waals surface area contributed by atoms with E-state index in [0.29, 0.717) is 29.0 Å². The predicted octanol–water partition coefficient (Wildman–Crippen LogP) is 4.00. The highest BCUT2D eigenvalue weighted by Crippen LogP contribution is 2.41. The molecule has 2 aliphatic heterocycles. The number of nitrogens with zero attached hydrogens (tertiary/aromatic N) is 2. The molecule has 2 heterocycles. The van der Waals surface area contributed by atoms with Gasteiger partial charge in [0.05, 0.1) is 6.61 Å². The largest absolute Gasteiger partial charge is 0.381 e. The summed E-state index contributed by atoms with van der Waals surface area (Å²) in [6, 6.07) is 6.90. The molecule has 0 spiro atoms. The zero-order chi connectivity index (χ0) is 20.4. The van der Waals surface area contributed by atoms with E-state index >= 15 is 0 Å². The molecule has 1 aromatic carbocycles. The van der Waals surface area contributed by atoms with E-state index in [1.54, 1.807) is 24.3 Å². The lowest BCUT2D eigenvalue weighted by Crippen LogP contribution is -2.51. The lowest BCUT2D eigenvalue weighted by Gasteiger charge is -2.35. The van der Waals surface area contributed by atoms with Crippen LogP contribution in [0.1, 0.15) is 55.8 Å². The summed E-state index contributed by atoms with van der Waals surface area (Å²) in [6.45, 7) is 4.92. The highest BCUT2D eigenvalue weighted by atomic mass is 35.5. The van der Waals surface area contributed by atoms with Gasteiger partial charge in [0, 0.05) is 42.2 Å². The van der Waals surface area contributed by atoms with Crippen molar-refractivity contribution in [3.63, 3.8) is 0 Å². The van der Waals surface area contributed by atoms with Gasteiger partial charge in [0.15, 0.2) is 0 Å². The second-order valence-electron chi connectivity index (χ2n) is 8.69. The van der Waals surface area contributed by atoms with Gasteiger partial charge < -0.3 is 14.5 Å². The van der Waals surface area contributed by atoms with Crippen LogP contribution in [0.15, 0.2) is 24.3 Å². The van der Waals surface area contributed by atoms with Gasteiger partial charge in [0.25, 0.3) is 5.91 Å². The minimum Gasteiger partial charge on any atom is -0.381 e. The molecule has 1 aromatic rings. The number of rotatable bonds is 5. The van der Waals surface area contributed by atoms with E-state index in [0.717, 1.165) is 51.9 Å². The molecule has 4 unspecified atom stereocenters. The third-order valence-electron chi connectivity index (χ3n) is 6.88. The molecule has 4 rings (SSSR count). The number of halogens is 1. The van der Waals surface area contributed by atoms with Crippen LogP contribution in [0.25, 0.3) is 0 Å². The first kappa shape index (κ1) is 20.7. The molecule has 6 heteroatoms. The van der Waals surface area contributed by atoms with Crippen LogP contribution in [0.3, 0.4) is 0 Å². The number of carbonyl (C=O) groups excluding carboxylic acids is 2. The third kappa shape index (κ3) is 4.31. The van der Waals surface area contributed by atoms with E-state index in [1.165, 1.54) is 6.42 Å². The molecule has 2 saturated heterocycles. The predicted molar refractivity (Wildman–Crippen MR) is 113 cm³/mol. The van der Waals surface area contributed by atoms with Crippen molar-refractivity contribution in [2.75, 3.05) is 26.3 Å². The van der Waals surface area contributed by atoms with Crippen molar-refractivity contribution in [2.24, 2.45) is 11.8 Å². The summed E-state index contributed by atoms with van der Waals surface area (Å²) in [5, 5.41) is 0.550. The molecule has 0 bridgehead atoms. The Morgan fingerprint density at radius 3 is 2.79 bits per heavy atom. The smallest absolute Gasteiger partial charge is 0.254 e. The molecule has 2 amide bonds. The average molecular weight is 419 g/mol. The fraction of sp³-hybridized carbons (Fsp3) is 0.652. The summed E-state index contributed by atoms with van der Waals surface area (Å²) in [4.78, 5) is 30.9. The van der Waals surface area contributed by atoms with Crippen LogP contribution < -0.4 is 0 Å². The van der Waals surface area contributed by atoms with Crippen molar-refractivity contribution in [1.82, 2.24) is 9.80 Å². The van der Waals surface area contributed by atoms with Gasteiger partial charge in [-0.25, -0.2) is 0 Å². The summed E-state index contributed by atoms with van der Waals surface area (Å²) >= 11 is 6.14. The first-order chi connectivity index (χ1) is 14.1. The van der Waals surface area contributed by atoms with Gasteiger partial charge in [-0.05, 0) is 56.7 Å². The van der Waals surface area contributed by atoms with Crippen LogP contribution in [0, 0.1) is 11.8 Å². The molecular formula is C23H31ClN2O3. The van der Waals surface area contributed by atoms with Crippen LogP contribution >= 0.6 is 11.6 Å². The maximum atomic E-state index is 13.6. The first-order valence-electron chi connectivity index (χ1n) is 11.0. The van der Waals surface area contributed by atoms with E-state index in [2.05, 4.69) is 0 Å². The lowest BCUT2D eigenvalue weighted by atomic mass is 9.84. The molecule has 29 heavy (non-hydrogen) atoms. The molecule has 3 fully saturated rings. The Labute approximate surface area is 178 Å². The molecule has 5 nitrogen and oxygen atoms in total. The average Bonchev–Trinajstić information content (AvgIpc) is 3.38. The van der Waals surface area contributed by atoms with Crippen LogP contribution in [0.4, 0.5) is 0 Å². The standard InChI is InChI=1S/C23H31ClN2O3/c1-2-25(14-16-10-11-29-15-16)23(28)21-13-17-6-3-4-9-20(17)26(21)22(27)18-7-5-8-19(24)12-18/h5,7-8,12,16-17,20-21H,2-4,6,9-11,13-15H2,1H3. The molecule has 4 atom stereocenters. The number of fused-ring (bicyclic) bond motifs is 1. The number of likely N-dealkylation sites (tertiary alicyclic amines) is 1. The van der Waals surface area contributed by atoms with E-state index in [9.17, 15) is 9.59 Å². The summed E-state index contributed by atoms with van der Waals surface area (Å²) in [5.74, 6) is 0.874. The second kappa shape index (κ2) is 9.05. The third-order valence-corrected chi connectivity index (χ3v) is 7.11. The number of benzene rings is 1. The maximum Gasteiger partial charge on any atom is 0.254 e. The number of ether oxygens (including phenoxy) is 1. The topological polar surface area (TPSA) is 49.9 Å². The summed E-state index contributed by atoms with van der Waals surface area (Å²) < 4.78 is 5.50. The Morgan fingerprint density at radius 1 is 1.24 bits per heavy atom. The fourth-order valence-corrected chi connectivity index (χ4v) is 5.56. The first-order valence-corrected chi connectivity index (χ1v) is 11.4. The number of hydrogen-bond acceptors (Lipinski definition) is 3. The lowest BCUT2D eigenvalue weighted by molar-refractivity contribution is -0.136. The molecule has 158 valence electrons. The van der Waals surface area contributed by atoms with Crippen LogP contribution in [0.2, 0.25) is 5.02 Å². The summed E-state index contributed by atoms with van der Waals surface area (Å²) in [6.07, 6.45) is 6.20. The van der Waals surface area contributed by atoms with Crippen molar-refractivity contribution >= 4 is 23.4 Å². The van der Waals surface area contributed by atoms with E-state index in [4.69, 9.17) is 16.3 Å². The van der Waals surface area contributed by atoms with Gasteiger partial charge >= 0.3 is 0 Å². The Morgan fingerprint density at radius 2 is 2.07 bits per heavy atom. The zero-order valence-corrected chi connectivity index (χ0v) is 17.9. The number of likely N-dealkylation sites (N-methyl/N-ethyl adjacent to an activating group) is 1. The fourth-order valence-electron chi connectivity index (χ4n) is 5.37.